The minimum atomic E-state index is -0.200. The first kappa shape index (κ1) is 23.8. The van der Waals surface area contributed by atoms with Gasteiger partial charge in [-0.15, -0.1) is 0 Å². The molecule has 35 heavy (non-hydrogen) atoms. The number of thiocarbonyl (C=S) groups is 1. The minimum absolute atomic E-state index is 0.180. The van der Waals surface area contributed by atoms with E-state index in [0.717, 1.165) is 25.1 Å². The summed E-state index contributed by atoms with van der Waals surface area (Å²) >= 11 is 6.85. The average Bonchev–Trinajstić information content (AvgIpc) is 3.12. The van der Waals surface area contributed by atoms with Crippen LogP contribution in [0.3, 0.4) is 0 Å². The van der Waals surface area contributed by atoms with E-state index in [9.17, 15) is 9.59 Å². The monoisotopic (exact) mass is 504 g/mol. The van der Waals surface area contributed by atoms with Crippen molar-refractivity contribution in [3.05, 3.63) is 81.1 Å². The number of hydrogen-bond donors (Lipinski definition) is 0. The summed E-state index contributed by atoms with van der Waals surface area (Å²) in [5.41, 5.74) is 1.86. The highest BCUT2D eigenvalue weighted by molar-refractivity contribution is 8.26. The van der Waals surface area contributed by atoms with Gasteiger partial charge in [-0.2, -0.15) is 0 Å². The fraction of sp³-hybridized carbons (Fsp3) is 0.333. The Bertz CT molecular complexity index is 1370. The molecule has 1 aromatic carbocycles. The topological polar surface area (TPSA) is 57.9 Å². The van der Waals surface area contributed by atoms with Crippen molar-refractivity contribution in [2.24, 2.45) is 11.8 Å². The standard InChI is InChI=1S/C27H28N4O2S2/c1-17-13-18(2)16-29(15-17)24-21(25(32)30-12-8-7-11-23(30)28-24)14-22-26(33)31(27(34)35-22)19(3)20-9-5-4-6-10-20/h4-12,14,17-19H,13,15-16H2,1-3H3/b22-14-. The molecule has 180 valence electrons. The van der Waals surface area contributed by atoms with Crippen LogP contribution in [0, 0.1) is 11.8 Å². The van der Waals surface area contributed by atoms with Crippen LogP contribution in [0.15, 0.2) is 64.4 Å². The molecule has 2 aliphatic heterocycles. The number of piperidine rings is 1. The van der Waals surface area contributed by atoms with Crippen LogP contribution in [0.25, 0.3) is 11.7 Å². The normalized spacial score (nSPS) is 22.9. The summed E-state index contributed by atoms with van der Waals surface area (Å²) in [6, 6.07) is 15.2. The van der Waals surface area contributed by atoms with Crippen LogP contribution >= 0.6 is 24.0 Å². The summed E-state index contributed by atoms with van der Waals surface area (Å²) in [5.74, 6) is 1.45. The number of amides is 1. The number of thioether (sulfide) groups is 1. The lowest BCUT2D eigenvalue weighted by atomic mass is 9.91. The van der Waals surface area contributed by atoms with Crippen molar-refractivity contribution in [3.8, 4) is 0 Å². The van der Waals surface area contributed by atoms with Crippen LogP contribution in [0.4, 0.5) is 5.82 Å². The Hall–Kier alpha value is -2.97. The highest BCUT2D eigenvalue weighted by Crippen LogP contribution is 2.38. The SMILES string of the molecule is CC1CC(C)CN(c2nc3ccccn3c(=O)c2/C=C2\SC(=S)N(C(C)c3ccccc3)C2=O)C1. The molecule has 0 spiro atoms. The fourth-order valence-corrected chi connectivity index (χ4v) is 6.52. The lowest BCUT2D eigenvalue weighted by Gasteiger charge is -2.36. The van der Waals surface area contributed by atoms with E-state index in [4.69, 9.17) is 17.2 Å². The molecule has 2 aliphatic rings. The Morgan fingerprint density at radius 2 is 1.74 bits per heavy atom. The van der Waals surface area contributed by atoms with Crippen LogP contribution in [0.5, 0.6) is 0 Å². The lowest BCUT2D eigenvalue weighted by Crippen LogP contribution is -2.40. The van der Waals surface area contributed by atoms with Crippen molar-refractivity contribution in [1.29, 1.82) is 0 Å². The summed E-state index contributed by atoms with van der Waals surface area (Å²) in [7, 11) is 0. The van der Waals surface area contributed by atoms with Crippen molar-refractivity contribution >= 4 is 51.7 Å². The Kier molecular flexibility index (Phi) is 6.51. The van der Waals surface area contributed by atoms with E-state index in [0.29, 0.717) is 38.1 Å². The third-order valence-corrected chi connectivity index (χ3v) is 8.02. The number of nitrogens with zero attached hydrogens (tertiary/aromatic N) is 4. The summed E-state index contributed by atoms with van der Waals surface area (Å²) in [4.78, 5) is 36.3. The number of benzene rings is 1. The molecule has 3 aromatic rings. The maximum absolute atomic E-state index is 13.7. The van der Waals surface area contributed by atoms with Gasteiger partial charge in [0.15, 0.2) is 0 Å². The molecule has 8 heteroatoms. The molecule has 0 radical (unpaired) electrons. The zero-order valence-corrected chi connectivity index (χ0v) is 21.7. The quantitative estimate of drug-likeness (QED) is 0.362. The Balaban J connectivity index is 1.59. The van der Waals surface area contributed by atoms with Crippen molar-refractivity contribution in [1.82, 2.24) is 14.3 Å². The number of anilines is 1. The summed E-state index contributed by atoms with van der Waals surface area (Å²) in [6.45, 7) is 8.08. The van der Waals surface area contributed by atoms with Gasteiger partial charge >= 0.3 is 0 Å². The Morgan fingerprint density at radius 1 is 1.06 bits per heavy atom. The second-order valence-corrected chi connectivity index (χ2v) is 11.2. The molecule has 4 heterocycles. The molecule has 2 saturated heterocycles. The number of carbonyl (C=O) groups is 1. The van der Waals surface area contributed by atoms with Crippen LogP contribution in [-0.4, -0.2) is 37.6 Å². The number of rotatable bonds is 4. The second kappa shape index (κ2) is 9.59. The van der Waals surface area contributed by atoms with Crippen LogP contribution < -0.4 is 10.5 Å². The number of fused-ring (bicyclic) bond motifs is 1. The van der Waals surface area contributed by atoms with Crippen molar-refractivity contribution in [3.63, 3.8) is 0 Å². The lowest BCUT2D eigenvalue weighted by molar-refractivity contribution is -0.123. The number of pyridine rings is 1. The molecule has 2 aromatic heterocycles. The molecule has 0 N–H and O–H groups in total. The molecule has 5 rings (SSSR count). The van der Waals surface area contributed by atoms with Gasteiger partial charge in [-0.25, -0.2) is 4.98 Å². The van der Waals surface area contributed by atoms with Crippen LogP contribution in [0.2, 0.25) is 0 Å². The first-order valence-corrected chi connectivity index (χ1v) is 13.1. The van der Waals surface area contributed by atoms with E-state index in [1.807, 2.05) is 55.5 Å². The minimum Gasteiger partial charge on any atom is -0.355 e. The molecule has 0 saturated carbocycles. The Labute approximate surface area is 214 Å². The predicted octanol–water partition coefficient (Wildman–Crippen LogP) is 5.14. The summed E-state index contributed by atoms with van der Waals surface area (Å²) in [5, 5.41) is 0. The largest absolute Gasteiger partial charge is 0.355 e. The molecule has 0 bridgehead atoms. The predicted molar refractivity (Wildman–Crippen MR) is 146 cm³/mol. The highest BCUT2D eigenvalue weighted by atomic mass is 32.2. The molecule has 3 atom stereocenters. The third kappa shape index (κ3) is 4.52. The Morgan fingerprint density at radius 3 is 2.46 bits per heavy atom. The zero-order chi connectivity index (χ0) is 24.7. The van der Waals surface area contributed by atoms with E-state index in [1.165, 1.54) is 11.8 Å². The number of hydrogen-bond acceptors (Lipinski definition) is 6. The maximum atomic E-state index is 13.7. The molecule has 0 aliphatic carbocycles. The highest BCUT2D eigenvalue weighted by Gasteiger charge is 2.37. The van der Waals surface area contributed by atoms with Gasteiger partial charge in [0.2, 0.25) is 0 Å². The van der Waals surface area contributed by atoms with Crippen molar-refractivity contribution in [2.75, 3.05) is 18.0 Å². The molecule has 2 fully saturated rings. The smallest absolute Gasteiger partial charge is 0.267 e. The van der Waals surface area contributed by atoms with Crippen molar-refractivity contribution < 1.29 is 4.79 Å². The van der Waals surface area contributed by atoms with E-state index in [-0.39, 0.29) is 17.5 Å². The summed E-state index contributed by atoms with van der Waals surface area (Å²) in [6.07, 6.45) is 4.56. The number of carbonyl (C=O) groups excluding carboxylic acids is 1. The number of aromatic nitrogens is 2. The van der Waals surface area contributed by atoms with E-state index in [2.05, 4.69) is 18.7 Å². The van der Waals surface area contributed by atoms with Gasteiger partial charge in [0.25, 0.3) is 11.5 Å². The summed E-state index contributed by atoms with van der Waals surface area (Å²) < 4.78 is 2.03. The van der Waals surface area contributed by atoms with Crippen LogP contribution in [-0.2, 0) is 4.79 Å². The molecule has 3 unspecified atom stereocenters. The van der Waals surface area contributed by atoms with Gasteiger partial charge in [-0.3, -0.25) is 18.9 Å². The zero-order valence-electron chi connectivity index (χ0n) is 20.0. The maximum Gasteiger partial charge on any atom is 0.267 e. The van der Waals surface area contributed by atoms with Gasteiger partial charge in [-0.05, 0) is 49.0 Å². The van der Waals surface area contributed by atoms with Gasteiger partial charge in [0, 0.05) is 19.3 Å². The first-order valence-electron chi connectivity index (χ1n) is 11.9. The van der Waals surface area contributed by atoms with Gasteiger partial charge in [0.1, 0.15) is 15.8 Å². The molecular weight excluding hydrogens is 476 g/mol. The molecule has 6 nitrogen and oxygen atoms in total. The van der Waals surface area contributed by atoms with Crippen LogP contribution in [0.1, 0.15) is 44.4 Å². The third-order valence-electron chi connectivity index (χ3n) is 6.69. The van der Waals surface area contributed by atoms with Gasteiger partial charge < -0.3 is 4.90 Å². The van der Waals surface area contributed by atoms with Gasteiger partial charge in [0.05, 0.1) is 16.5 Å². The van der Waals surface area contributed by atoms with E-state index < -0.39 is 0 Å². The fourth-order valence-electron chi connectivity index (χ4n) is 5.12. The molecule has 1 amide bonds. The molecular formula is C27H28N4O2S2. The second-order valence-electron chi connectivity index (χ2n) is 9.57. The van der Waals surface area contributed by atoms with Gasteiger partial charge in [-0.1, -0.05) is 74.2 Å². The average molecular weight is 505 g/mol. The van der Waals surface area contributed by atoms with Crippen molar-refractivity contribution in [2.45, 2.75) is 33.2 Å². The van der Waals surface area contributed by atoms with E-state index >= 15 is 0 Å². The first-order chi connectivity index (χ1) is 16.8. The van der Waals surface area contributed by atoms with E-state index in [1.54, 1.807) is 21.6 Å².